The molecule has 1 aliphatic heterocycles. The molecule has 4 aromatic rings. The summed E-state index contributed by atoms with van der Waals surface area (Å²) in [7, 11) is 0. The number of carbonyl (C=O) groups excluding carboxylic acids is 1. The number of aromatic nitrogens is 3. The molecule has 1 aromatic carbocycles. The first-order chi connectivity index (χ1) is 17.1. The average Bonchev–Trinajstić information content (AvgIpc) is 3.26. The van der Waals surface area contributed by atoms with Gasteiger partial charge in [-0.15, -0.1) is 0 Å². The molecule has 10 nitrogen and oxygen atoms in total. The molecule has 0 saturated carbocycles. The lowest BCUT2D eigenvalue weighted by Crippen LogP contribution is -2.26. The van der Waals surface area contributed by atoms with Gasteiger partial charge >= 0.3 is 5.76 Å². The van der Waals surface area contributed by atoms with Crippen LogP contribution in [0.1, 0.15) is 16.9 Å². The van der Waals surface area contributed by atoms with Crippen molar-refractivity contribution in [2.24, 2.45) is 0 Å². The van der Waals surface area contributed by atoms with Crippen molar-refractivity contribution in [3.8, 4) is 28.9 Å². The molecule has 174 valence electrons. The van der Waals surface area contributed by atoms with Crippen LogP contribution in [0.5, 0.6) is 5.75 Å². The minimum Gasteiger partial charge on any atom is -0.480 e. The van der Waals surface area contributed by atoms with Crippen molar-refractivity contribution in [3.63, 3.8) is 0 Å². The van der Waals surface area contributed by atoms with Crippen molar-refractivity contribution in [3.05, 3.63) is 88.4 Å². The lowest BCUT2D eigenvalue weighted by atomic mass is 10.1. The van der Waals surface area contributed by atoms with E-state index in [0.717, 1.165) is 16.8 Å². The highest BCUT2D eigenvalue weighted by atomic mass is 16.5. The van der Waals surface area contributed by atoms with E-state index in [4.69, 9.17) is 14.4 Å². The number of anilines is 1. The Balaban J connectivity index is 1.20. The Kier molecular flexibility index (Phi) is 6.07. The number of nitrogens with one attached hydrogen (secondary N) is 2. The van der Waals surface area contributed by atoms with E-state index in [-0.39, 0.29) is 18.3 Å². The topological polar surface area (TPSA) is 135 Å². The van der Waals surface area contributed by atoms with Crippen LogP contribution in [-0.4, -0.2) is 33.6 Å². The standard InChI is InChI=1S/C25H20N6O4/c26-12-16-2-1-3-18(10-16)20-11-17(6-9-28-20)13-27-8-7-19-14-31(25(33)35-19)22-5-4-21-24(29-22)30-23(32)15-34-21/h1-6,9-11,14,27H,7-8,13,15H2,(H,29,30,32). The van der Waals surface area contributed by atoms with Crippen LogP contribution in [0, 0.1) is 11.3 Å². The molecule has 0 bridgehead atoms. The van der Waals surface area contributed by atoms with E-state index in [1.807, 2.05) is 30.3 Å². The fraction of sp³-hybridized carbons (Fsp3) is 0.160. The second-order valence-electron chi connectivity index (χ2n) is 7.86. The quantitative estimate of drug-likeness (QED) is 0.395. The highest BCUT2D eigenvalue weighted by Crippen LogP contribution is 2.26. The van der Waals surface area contributed by atoms with Gasteiger partial charge in [0.05, 0.1) is 23.5 Å². The molecule has 0 atom stereocenters. The Morgan fingerprint density at radius 1 is 1.17 bits per heavy atom. The fourth-order valence-electron chi connectivity index (χ4n) is 3.68. The van der Waals surface area contributed by atoms with Crippen molar-refractivity contribution in [1.82, 2.24) is 19.9 Å². The lowest BCUT2D eigenvalue weighted by molar-refractivity contribution is -0.118. The number of oxazole rings is 1. The zero-order chi connectivity index (χ0) is 24.2. The third-order valence-electron chi connectivity index (χ3n) is 5.38. The van der Waals surface area contributed by atoms with Crippen LogP contribution in [0.15, 0.2) is 70.1 Å². The molecule has 1 aliphatic rings. The molecule has 0 saturated heterocycles. The number of hydrogen-bond donors (Lipinski definition) is 2. The van der Waals surface area contributed by atoms with Gasteiger partial charge in [-0.2, -0.15) is 5.26 Å². The minimum absolute atomic E-state index is 0.0635. The first-order valence-corrected chi connectivity index (χ1v) is 10.9. The zero-order valence-electron chi connectivity index (χ0n) is 18.5. The second-order valence-corrected chi connectivity index (χ2v) is 7.86. The monoisotopic (exact) mass is 468 g/mol. The van der Waals surface area contributed by atoms with E-state index in [0.29, 0.717) is 42.4 Å². The number of benzene rings is 1. The SMILES string of the molecule is N#Cc1cccc(-c2cc(CNCCc3cn(-c4ccc5c(n4)NC(=O)CO5)c(=O)o3)ccn2)c1. The maximum atomic E-state index is 12.3. The molecule has 0 radical (unpaired) electrons. The van der Waals surface area contributed by atoms with Gasteiger partial charge in [0, 0.05) is 31.3 Å². The molecule has 4 heterocycles. The molecule has 0 aliphatic carbocycles. The van der Waals surface area contributed by atoms with Crippen molar-refractivity contribution < 1.29 is 13.9 Å². The third-order valence-corrected chi connectivity index (χ3v) is 5.38. The fourth-order valence-corrected chi connectivity index (χ4v) is 3.68. The summed E-state index contributed by atoms with van der Waals surface area (Å²) < 4.78 is 11.9. The number of hydrogen-bond acceptors (Lipinski definition) is 8. The van der Waals surface area contributed by atoms with Gasteiger partial charge in [-0.1, -0.05) is 12.1 Å². The normalized spacial score (nSPS) is 12.4. The second kappa shape index (κ2) is 9.62. The minimum atomic E-state index is -0.561. The summed E-state index contributed by atoms with van der Waals surface area (Å²) in [5, 5.41) is 15.1. The number of rotatable bonds is 7. The summed E-state index contributed by atoms with van der Waals surface area (Å²) in [5.41, 5.74) is 3.31. The first-order valence-electron chi connectivity index (χ1n) is 10.9. The molecule has 2 N–H and O–H groups in total. The van der Waals surface area contributed by atoms with Gasteiger partial charge in [0.25, 0.3) is 5.91 Å². The molecule has 35 heavy (non-hydrogen) atoms. The van der Waals surface area contributed by atoms with E-state index in [9.17, 15) is 9.59 Å². The van der Waals surface area contributed by atoms with Crippen LogP contribution < -0.4 is 21.1 Å². The number of nitriles is 1. The molecule has 0 unspecified atom stereocenters. The van der Waals surface area contributed by atoms with Gasteiger partial charge < -0.3 is 19.8 Å². The summed E-state index contributed by atoms with van der Waals surface area (Å²) in [6, 6.07) is 16.6. The molecule has 3 aromatic heterocycles. The van der Waals surface area contributed by atoms with E-state index in [1.165, 1.54) is 4.57 Å². The number of ether oxygens (including phenoxy) is 1. The maximum absolute atomic E-state index is 12.3. The molecular formula is C25H20N6O4. The van der Waals surface area contributed by atoms with Gasteiger partial charge in [-0.25, -0.2) is 14.3 Å². The van der Waals surface area contributed by atoms with Crippen molar-refractivity contribution in [1.29, 1.82) is 5.26 Å². The Morgan fingerprint density at radius 3 is 2.97 bits per heavy atom. The van der Waals surface area contributed by atoms with Gasteiger partial charge in [0.2, 0.25) is 0 Å². The summed E-state index contributed by atoms with van der Waals surface area (Å²) in [5.74, 6) is 0.690. The molecule has 5 rings (SSSR count). The van der Waals surface area contributed by atoms with Crippen molar-refractivity contribution in [2.75, 3.05) is 18.5 Å². The average molecular weight is 468 g/mol. The van der Waals surface area contributed by atoms with E-state index < -0.39 is 5.76 Å². The number of amides is 1. The van der Waals surface area contributed by atoms with Crippen LogP contribution in [0.3, 0.4) is 0 Å². The van der Waals surface area contributed by atoms with Gasteiger partial charge in [-0.05, 0) is 42.0 Å². The summed E-state index contributed by atoms with van der Waals surface area (Å²) in [6.45, 7) is 1.12. The Morgan fingerprint density at radius 2 is 2.09 bits per heavy atom. The van der Waals surface area contributed by atoms with Crippen LogP contribution in [0.25, 0.3) is 17.1 Å². The van der Waals surface area contributed by atoms with Crippen LogP contribution in [-0.2, 0) is 17.8 Å². The molecule has 0 fully saturated rings. The highest BCUT2D eigenvalue weighted by Gasteiger charge is 2.19. The third kappa shape index (κ3) is 4.95. The van der Waals surface area contributed by atoms with Crippen molar-refractivity contribution in [2.45, 2.75) is 13.0 Å². The molecule has 0 spiro atoms. The molecule has 1 amide bonds. The van der Waals surface area contributed by atoms with Gasteiger partial charge in [-0.3, -0.25) is 9.78 Å². The van der Waals surface area contributed by atoms with Crippen LogP contribution >= 0.6 is 0 Å². The largest absolute Gasteiger partial charge is 0.480 e. The van der Waals surface area contributed by atoms with E-state index in [1.54, 1.807) is 30.6 Å². The predicted molar refractivity (Wildman–Crippen MR) is 126 cm³/mol. The number of carbonyl (C=O) groups is 1. The van der Waals surface area contributed by atoms with Crippen LogP contribution in [0.2, 0.25) is 0 Å². The number of pyridine rings is 2. The lowest BCUT2D eigenvalue weighted by Gasteiger charge is -2.17. The van der Waals surface area contributed by atoms with Gasteiger partial charge in [0.1, 0.15) is 11.6 Å². The predicted octanol–water partition coefficient (Wildman–Crippen LogP) is 2.42. The summed E-state index contributed by atoms with van der Waals surface area (Å²) >= 11 is 0. The smallest absolute Gasteiger partial charge is 0.424 e. The van der Waals surface area contributed by atoms with E-state index in [2.05, 4.69) is 26.7 Å². The first kappa shape index (κ1) is 22.1. The zero-order valence-corrected chi connectivity index (χ0v) is 18.5. The molecular weight excluding hydrogens is 448 g/mol. The number of nitrogens with zero attached hydrogens (tertiary/aromatic N) is 4. The summed E-state index contributed by atoms with van der Waals surface area (Å²) in [4.78, 5) is 32.6. The summed E-state index contributed by atoms with van der Waals surface area (Å²) in [6.07, 6.45) is 3.83. The Bertz CT molecular complexity index is 1500. The Labute approximate surface area is 199 Å². The number of fused-ring (bicyclic) bond motifs is 1. The maximum Gasteiger partial charge on any atom is 0.424 e. The van der Waals surface area contributed by atoms with Gasteiger partial charge in [0.15, 0.2) is 18.2 Å². The Hall–Kier alpha value is -4.75. The van der Waals surface area contributed by atoms with E-state index >= 15 is 0 Å². The van der Waals surface area contributed by atoms with Crippen molar-refractivity contribution >= 4 is 11.7 Å². The highest BCUT2D eigenvalue weighted by molar-refractivity contribution is 5.94. The molecule has 10 heteroatoms. The van der Waals surface area contributed by atoms with Crippen LogP contribution in [0.4, 0.5) is 5.82 Å².